The number of aryl methyl sites for hydroxylation is 1. The minimum absolute atomic E-state index is 1.13. The first-order valence-electron chi connectivity index (χ1n) is 15.2. The average Bonchev–Trinajstić information content (AvgIpc) is 3.07. The Balaban J connectivity index is 1.29. The van der Waals surface area contributed by atoms with Gasteiger partial charge in [-0.15, -0.1) is 0 Å². The Labute approximate surface area is 256 Å². The molecule has 0 unspecified atom stereocenters. The van der Waals surface area contributed by atoms with Gasteiger partial charge in [0.05, 0.1) is 0 Å². The van der Waals surface area contributed by atoms with Crippen molar-refractivity contribution in [3.8, 4) is 0 Å². The van der Waals surface area contributed by atoms with Crippen LogP contribution in [0.1, 0.15) is 46.2 Å². The number of rotatable bonds is 9. The van der Waals surface area contributed by atoms with E-state index in [1.54, 1.807) is 0 Å². The molecule has 1 aliphatic rings. The van der Waals surface area contributed by atoms with Crippen LogP contribution in [0.5, 0.6) is 0 Å². The Morgan fingerprint density at radius 3 is 1.60 bits per heavy atom. The van der Waals surface area contributed by atoms with Crippen LogP contribution < -0.4 is 4.90 Å². The van der Waals surface area contributed by atoms with E-state index in [1.807, 2.05) is 12.1 Å². The maximum absolute atomic E-state index is 2.43. The summed E-state index contributed by atoms with van der Waals surface area (Å²) in [4.78, 5) is 2.43. The van der Waals surface area contributed by atoms with Crippen LogP contribution in [0.4, 0.5) is 17.1 Å². The van der Waals surface area contributed by atoms with E-state index in [1.165, 1.54) is 63.3 Å². The van der Waals surface area contributed by atoms with Crippen molar-refractivity contribution < 1.29 is 0 Å². The number of hydrogen-bond acceptors (Lipinski definition) is 1. The second-order valence-corrected chi connectivity index (χ2v) is 10.9. The lowest BCUT2D eigenvalue weighted by Crippen LogP contribution is -2.15. The van der Waals surface area contributed by atoms with E-state index < -0.39 is 0 Å². The molecule has 210 valence electrons. The minimum Gasteiger partial charge on any atom is -0.310 e. The standard InChI is InChI=1S/C42H37N/c1-3-15-34(16-4-1)19-7-8-21-36-29-31-39(32-30-36)43(42-28-14-25-38-24-11-12-27-41(38)42)40-26-13-23-37(33-40)22-10-9-20-35-17-5-2-6-18-35/h1-10,13-23,25-26,28-33H,11-12,24,27H2. The molecule has 0 atom stereocenters. The van der Waals surface area contributed by atoms with Crippen molar-refractivity contribution in [2.24, 2.45) is 0 Å². The van der Waals surface area contributed by atoms with Crippen molar-refractivity contribution in [2.75, 3.05) is 4.90 Å². The van der Waals surface area contributed by atoms with Gasteiger partial charge in [0, 0.05) is 17.1 Å². The van der Waals surface area contributed by atoms with E-state index >= 15 is 0 Å². The number of fused-ring (bicyclic) bond motifs is 1. The van der Waals surface area contributed by atoms with Gasteiger partial charge in [-0.25, -0.2) is 0 Å². The Kier molecular flexibility index (Phi) is 9.22. The number of allylic oxidation sites excluding steroid dienone is 4. The lowest BCUT2D eigenvalue weighted by molar-refractivity contribution is 0.686. The van der Waals surface area contributed by atoms with Crippen molar-refractivity contribution in [2.45, 2.75) is 25.7 Å². The van der Waals surface area contributed by atoms with Crippen molar-refractivity contribution in [3.63, 3.8) is 0 Å². The van der Waals surface area contributed by atoms with Gasteiger partial charge in [-0.1, -0.05) is 146 Å². The Morgan fingerprint density at radius 1 is 0.419 bits per heavy atom. The molecule has 43 heavy (non-hydrogen) atoms. The van der Waals surface area contributed by atoms with Gasteiger partial charge < -0.3 is 4.90 Å². The lowest BCUT2D eigenvalue weighted by Gasteiger charge is -2.30. The number of anilines is 3. The average molecular weight is 556 g/mol. The fourth-order valence-corrected chi connectivity index (χ4v) is 5.69. The molecule has 0 aliphatic heterocycles. The SMILES string of the molecule is C(C=Cc1ccc(N(c2cccc(C=CC=Cc3ccccc3)c2)c2cccc3c2CCCC3)cc1)=Cc1ccccc1. The van der Waals surface area contributed by atoms with Gasteiger partial charge >= 0.3 is 0 Å². The fourth-order valence-electron chi connectivity index (χ4n) is 5.69. The summed E-state index contributed by atoms with van der Waals surface area (Å²) in [6.45, 7) is 0. The Morgan fingerprint density at radius 2 is 0.953 bits per heavy atom. The highest BCUT2D eigenvalue weighted by molar-refractivity contribution is 5.81. The number of nitrogens with zero attached hydrogens (tertiary/aromatic N) is 1. The summed E-state index contributed by atoms with van der Waals surface area (Å²) in [7, 11) is 0. The van der Waals surface area contributed by atoms with Crippen LogP contribution in [0, 0.1) is 0 Å². The Bertz CT molecular complexity index is 1740. The topological polar surface area (TPSA) is 3.24 Å². The zero-order valence-electron chi connectivity index (χ0n) is 24.5. The molecule has 1 heteroatoms. The van der Waals surface area contributed by atoms with Crippen molar-refractivity contribution >= 4 is 41.4 Å². The summed E-state index contributed by atoms with van der Waals surface area (Å²) in [5, 5.41) is 0. The maximum atomic E-state index is 2.43. The third kappa shape index (κ3) is 7.39. The molecule has 5 aromatic rings. The van der Waals surface area contributed by atoms with E-state index in [9.17, 15) is 0 Å². The van der Waals surface area contributed by atoms with Gasteiger partial charge in [-0.05, 0) is 89.4 Å². The lowest BCUT2D eigenvalue weighted by atomic mass is 9.89. The van der Waals surface area contributed by atoms with Crippen LogP contribution in [0.15, 0.2) is 152 Å². The molecule has 6 rings (SSSR count). The summed E-state index contributed by atoms with van der Waals surface area (Å²) >= 11 is 0. The largest absolute Gasteiger partial charge is 0.310 e. The van der Waals surface area contributed by atoms with E-state index in [-0.39, 0.29) is 0 Å². The van der Waals surface area contributed by atoms with E-state index in [0.29, 0.717) is 0 Å². The van der Waals surface area contributed by atoms with Crippen LogP contribution in [0.3, 0.4) is 0 Å². The fraction of sp³-hybridized carbons (Fsp3) is 0.0952. The number of benzene rings is 5. The molecule has 0 amide bonds. The first-order valence-corrected chi connectivity index (χ1v) is 15.2. The monoisotopic (exact) mass is 555 g/mol. The van der Waals surface area contributed by atoms with Crippen LogP contribution in [0.2, 0.25) is 0 Å². The molecule has 0 bridgehead atoms. The van der Waals surface area contributed by atoms with E-state index in [2.05, 4.69) is 169 Å². The van der Waals surface area contributed by atoms with Gasteiger partial charge in [0.25, 0.3) is 0 Å². The molecule has 0 fully saturated rings. The highest BCUT2D eigenvalue weighted by atomic mass is 15.1. The zero-order chi connectivity index (χ0) is 29.1. The molecular weight excluding hydrogens is 518 g/mol. The van der Waals surface area contributed by atoms with E-state index in [4.69, 9.17) is 0 Å². The summed E-state index contributed by atoms with van der Waals surface area (Å²) in [5.41, 5.74) is 11.4. The first-order chi connectivity index (χ1) is 21.3. The van der Waals surface area contributed by atoms with Gasteiger partial charge in [-0.2, -0.15) is 0 Å². The van der Waals surface area contributed by atoms with Crippen LogP contribution in [0.25, 0.3) is 24.3 Å². The van der Waals surface area contributed by atoms with Crippen molar-refractivity contribution in [1.29, 1.82) is 0 Å². The van der Waals surface area contributed by atoms with Gasteiger partial charge in [0.2, 0.25) is 0 Å². The van der Waals surface area contributed by atoms with Gasteiger partial charge in [0.1, 0.15) is 0 Å². The quantitative estimate of drug-likeness (QED) is 0.164. The molecular formula is C42H37N. The molecule has 0 saturated carbocycles. The summed E-state index contributed by atoms with van der Waals surface area (Å²) in [6.07, 6.45) is 21.8. The molecule has 1 nitrogen and oxygen atoms in total. The molecule has 0 spiro atoms. The normalized spacial score (nSPS) is 13.3. The zero-order valence-corrected chi connectivity index (χ0v) is 24.5. The second kappa shape index (κ2) is 14.2. The van der Waals surface area contributed by atoms with Crippen molar-refractivity contribution in [3.05, 3.63) is 185 Å². The van der Waals surface area contributed by atoms with Crippen LogP contribution in [-0.4, -0.2) is 0 Å². The molecule has 0 N–H and O–H groups in total. The summed E-state index contributed by atoms with van der Waals surface area (Å²) in [6, 6.07) is 45.4. The third-order valence-electron chi connectivity index (χ3n) is 7.87. The van der Waals surface area contributed by atoms with Gasteiger partial charge in [-0.3, -0.25) is 0 Å². The highest BCUT2D eigenvalue weighted by Crippen LogP contribution is 2.40. The minimum atomic E-state index is 1.13. The molecule has 0 radical (unpaired) electrons. The first kappa shape index (κ1) is 28.0. The second-order valence-electron chi connectivity index (χ2n) is 10.9. The van der Waals surface area contributed by atoms with Crippen molar-refractivity contribution in [1.82, 2.24) is 0 Å². The van der Waals surface area contributed by atoms with Crippen LogP contribution in [-0.2, 0) is 12.8 Å². The molecule has 5 aromatic carbocycles. The van der Waals surface area contributed by atoms with E-state index in [0.717, 1.165) is 12.8 Å². The van der Waals surface area contributed by atoms with Gasteiger partial charge in [0.15, 0.2) is 0 Å². The molecule has 0 aromatic heterocycles. The number of hydrogen-bond donors (Lipinski definition) is 0. The smallest absolute Gasteiger partial charge is 0.0496 e. The van der Waals surface area contributed by atoms with Crippen LogP contribution >= 0.6 is 0 Å². The highest BCUT2D eigenvalue weighted by Gasteiger charge is 2.20. The maximum Gasteiger partial charge on any atom is 0.0496 e. The Hall–Kier alpha value is -5.14. The molecule has 0 saturated heterocycles. The summed E-state index contributed by atoms with van der Waals surface area (Å²) in [5.74, 6) is 0. The predicted molar refractivity (Wildman–Crippen MR) is 187 cm³/mol. The molecule has 1 aliphatic carbocycles. The predicted octanol–water partition coefficient (Wildman–Crippen LogP) is 11.5. The molecule has 0 heterocycles. The summed E-state index contributed by atoms with van der Waals surface area (Å²) < 4.78 is 0. The third-order valence-corrected chi connectivity index (χ3v) is 7.87.